The second kappa shape index (κ2) is 24.7. The predicted molar refractivity (Wildman–Crippen MR) is 315 cm³/mol. The molecule has 82 heavy (non-hydrogen) atoms. The van der Waals surface area contributed by atoms with E-state index in [4.69, 9.17) is 11.6 Å². The molecule has 15 nitrogen and oxygen atoms in total. The van der Waals surface area contributed by atoms with Gasteiger partial charge >= 0.3 is 11.5 Å². The van der Waals surface area contributed by atoms with Crippen LogP contribution in [-0.2, 0) is 31.2 Å². The van der Waals surface area contributed by atoms with Crippen LogP contribution in [0.5, 0.6) is 0 Å². The molecule has 5 aliphatic rings. The highest BCUT2D eigenvalue weighted by Gasteiger charge is 2.49. The third-order valence-electron chi connectivity index (χ3n) is 16.4. The van der Waals surface area contributed by atoms with Crippen LogP contribution in [0.1, 0.15) is 80.3 Å². The number of allylic oxidation sites excluding steroid dienone is 1. The molecule has 22 heteroatoms. The molecule has 3 atom stereocenters. The molecular weight excluding hydrogens is 1130 g/mol. The Bertz CT molecular complexity index is 3390. The number of sulfone groups is 1. The minimum atomic E-state index is -6.13. The van der Waals surface area contributed by atoms with E-state index in [-0.39, 0.29) is 35.4 Å². The Morgan fingerprint density at radius 3 is 2.12 bits per heavy atom. The average Bonchev–Trinajstić information content (AvgIpc) is 3.82. The highest BCUT2D eigenvalue weighted by atomic mass is 35.5. The number of halogens is 4. The van der Waals surface area contributed by atoms with Crippen LogP contribution >= 0.6 is 23.4 Å². The fourth-order valence-corrected chi connectivity index (χ4v) is 15.2. The number of carbonyl (C=O) groups is 3. The number of benzene rings is 5. The lowest BCUT2D eigenvalue weighted by atomic mass is 9.73. The van der Waals surface area contributed by atoms with E-state index in [0.717, 1.165) is 106 Å². The lowest BCUT2D eigenvalue weighted by Gasteiger charge is -2.41. The molecule has 4 fully saturated rings. The van der Waals surface area contributed by atoms with Gasteiger partial charge in [0.05, 0.1) is 10.6 Å². The first-order valence-electron chi connectivity index (χ1n) is 27.8. The number of likely N-dealkylation sites (tertiary alicyclic amines) is 1. The van der Waals surface area contributed by atoms with E-state index in [2.05, 4.69) is 56.2 Å². The number of nitrogens with one attached hydrogen (secondary N) is 3. The molecule has 0 saturated carbocycles. The number of nitrogens with zero attached hydrogens (tertiary/aromatic N) is 5. The van der Waals surface area contributed by atoms with Crippen molar-refractivity contribution in [3.63, 3.8) is 0 Å². The van der Waals surface area contributed by atoms with Gasteiger partial charge in [0, 0.05) is 123 Å². The Kier molecular flexibility index (Phi) is 17.9. The molecule has 2 unspecified atom stereocenters. The Labute approximate surface area is 487 Å². The number of urea groups is 1. The van der Waals surface area contributed by atoms with Crippen molar-refractivity contribution in [3.8, 4) is 0 Å². The maximum atomic E-state index is 14.5. The standard InChI is InChI=1S/C60H68ClF3N8O7S3/c1-59(2)27-24-53(42-10-14-45(61)15-11-42)44(35-59)37-68-30-32-70(33-31-68)47-18-12-43(13-19-47)57(74)67-82(78,79)52-22-23-54(55(34-52)81(76,77)60(62,63)64)65-46(40-80-51-6-4-3-5-7-51)25-28-71-49-20-21-50(71)39-69(38-49)36-41-8-16-48(17-9-41)72-29-26-56(73)66-58(72)75/h3-19,22-23,34,46,49-50,65H,20-21,24-33,35-40H2,1-2H3,(H,67,74)(H,66,73,75)/t46-,49?,50?/m1/s1. The van der Waals surface area contributed by atoms with Gasteiger partial charge in [-0.3, -0.25) is 34.5 Å². The monoisotopic (exact) mass is 1200 g/mol. The van der Waals surface area contributed by atoms with Gasteiger partial charge in [0.25, 0.3) is 25.8 Å². The van der Waals surface area contributed by atoms with E-state index in [1.807, 2.05) is 71.5 Å². The summed E-state index contributed by atoms with van der Waals surface area (Å²) in [7, 11) is -11.0. The van der Waals surface area contributed by atoms with Gasteiger partial charge in [0.2, 0.25) is 5.91 Å². The number of carbonyl (C=O) groups excluding carboxylic acids is 3. The van der Waals surface area contributed by atoms with Gasteiger partial charge in [0.15, 0.2) is 0 Å². The summed E-state index contributed by atoms with van der Waals surface area (Å²) in [6.45, 7) is 11.7. The van der Waals surface area contributed by atoms with E-state index in [9.17, 15) is 44.4 Å². The maximum Gasteiger partial charge on any atom is 0.501 e. The molecule has 5 aromatic carbocycles. The lowest BCUT2D eigenvalue weighted by molar-refractivity contribution is -0.120. The van der Waals surface area contributed by atoms with Crippen molar-refractivity contribution < 1.29 is 44.4 Å². The van der Waals surface area contributed by atoms with E-state index in [0.29, 0.717) is 48.6 Å². The normalized spacial score (nSPS) is 20.7. The Balaban J connectivity index is 0.785. The van der Waals surface area contributed by atoms with Crippen molar-refractivity contribution in [1.82, 2.24) is 24.7 Å². The fraction of sp³-hybridized carbons (Fsp3) is 0.417. The smallest absolute Gasteiger partial charge is 0.380 e. The summed E-state index contributed by atoms with van der Waals surface area (Å²) in [6, 6.07) is 33.5. The molecular formula is C60H68ClF3N8O7S3. The van der Waals surface area contributed by atoms with Crippen LogP contribution in [-0.4, -0.2) is 138 Å². The van der Waals surface area contributed by atoms with Crippen molar-refractivity contribution in [3.05, 3.63) is 149 Å². The van der Waals surface area contributed by atoms with Gasteiger partial charge in [-0.05, 0) is 140 Å². The molecule has 2 bridgehead atoms. The van der Waals surface area contributed by atoms with Crippen molar-refractivity contribution >= 4 is 83.7 Å². The van der Waals surface area contributed by atoms with Gasteiger partial charge < -0.3 is 10.2 Å². The lowest BCUT2D eigenvalue weighted by Crippen LogP contribution is -2.54. The number of rotatable bonds is 19. The van der Waals surface area contributed by atoms with E-state index >= 15 is 0 Å². The molecule has 0 aromatic heterocycles. The number of hydrogen-bond acceptors (Lipinski definition) is 13. The molecule has 10 rings (SSSR count). The van der Waals surface area contributed by atoms with Crippen LogP contribution in [0.25, 0.3) is 5.57 Å². The molecule has 0 spiro atoms. The van der Waals surface area contributed by atoms with Gasteiger partial charge in [0.1, 0.15) is 4.90 Å². The van der Waals surface area contributed by atoms with E-state index in [1.165, 1.54) is 40.6 Å². The second-order valence-electron chi connectivity index (χ2n) is 22.8. The van der Waals surface area contributed by atoms with Crippen molar-refractivity contribution in [1.29, 1.82) is 0 Å². The summed E-state index contributed by atoms with van der Waals surface area (Å²) in [5.41, 5.74) is 0.645. The first-order valence-corrected chi connectivity index (χ1v) is 32.1. The van der Waals surface area contributed by atoms with Crippen LogP contribution in [0.3, 0.4) is 0 Å². The summed E-state index contributed by atoms with van der Waals surface area (Å²) in [4.78, 5) is 47.4. The van der Waals surface area contributed by atoms with Crippen molar-refractivity contribution in [2.45, 2.75) is 104 Å². The van der Waals surface area contributed by atoms with Gasteiger partial charge in [-0.25, -0.2) is 26.4 Å². The van der Waals surface area contributed by atoms with Crippen LogP contribution in [0.4, 0.5) is 35.0 Å². The zero-order chi connectivity index (χ0) is 58.0. The summed E-state index contributed by atoms with van der Waals surface area (Å²) in [6.07, 6.45) is 5.68. The number of amides is 4. The molecule has 4 aliphatic heterocycles. The van der Waals surface area contributed by atoms with E-state index < -0.39 is 58.8 Å². The van der Waals surface area contributed by atoms with Crippen LogP contribution < -0.4 is 25.2 Å². The molecule has 0 radical (unpaired) electrons. The third-order valence-corrected chi connectivity index (χ3v) is 20.7. The van der Waals surface area contributed by atoms with Crippen molar-refractivity contribution in [2.24, 2.45) is 5.41 Å². The number of hydrogen-bond donors (Lipinski definition) is 3. The fourth-order valence-electron chi connectivity index (χ4n) is 12.1. The zero-order valence-electron chi connectivity index (χ0n) is 45.8. The largest absolute Gasteiger partial charge is 0.501 e. The molecule has 436 valence electrons. The zero-order valence-corrected chi connectivity index (χ0v) is 49.0. The summed E-state index contributed by atoms with van der Waals surface area (Å²) >= 11 is 7.67. The van der Waals surface area contributed by atoms with E-state index in [1.54, 1.807) is 17.0 Å². The van der Waals surface area contributed by atoms with Gasteiger partial charge in [-0.15, -0.1) is 11.8 Å². The van der Waals surface area contributed by atoms with Gasteiger partial charge in [-0.2, -0.15) is 13.2 Å². The highest BCUT2D eigenvalue weighted by Crippen LogP contribution is 2.43. The number of imide groups is 1. The number of piperazine rings is 2. The number of alkyl halides is 3. The predicted octanol–water partition coefficient (Wildman–Crippen LogP) is 10.3. The molecule has 4 amide bonds. The minimum Gasteiger partial charge on any atom is -0.380 e. The SMILES string of the molecule is CC1(C)CCC(c2ccc(Cl)cc2)=C(CN2CCN(c3ccc(C(=O)NS(=O)(=O)c4ccc(N[C@H](CCN5C6CCC5CN(Cc5ccc(N7CCC(=O)NC7=O)cc5)C6)CSc5ccccc5)c(S(=O)(=O)C(F)(F)F)c4)cc3)CC2)C1. The maximum absolute atomic E-state index is 14.5. The van der Waals surface area contributed by atoms with Crippen LogP contribution in [0.15, 0.2) is 142 Å². The second-order valence-corrected chi connectivity index (χ2v) is 27.9. The Morgan fingerprint density at radius 2 is 1.46 bits per heavy atom. The molecule has 4 saturated heterocycles. The Hall–Kier alpha value is -5.94. The summed E-state index contributed by atoms with van der Waals surface area (Å²) < 4.78 is 100. The number of sulfonamides is 1. The number of thioether (sulfide) groups is 1. The van der Waals surface area contributed by atoms with Crippen molar-refractivity contribution in [2.75, 3.05) is 79.8 Å². The highest BCUT2D eigenvalue weighted by molar-refractivity contribution is 7.99. The molecule has 1 aliphatic carbocycles. The number of fused-ring (bicyclic) bond motifs is 2. The summed E-state index contributed by atoms with van der Waals surface area (Å²) in [5, 5.41) is 6.15. The number of anilines is 3. The first-order chi connectivity index (χ1) is 39.1. The molecule has 4 heterocycles. The summed E-state index contributed by atoms with van der Waals surface area (Å²) in [5.74, 6) is -0.993. The van der Waals surface area contributed by atoms with Gasteiger partial charge in [-0.1, -0.05) is 73.5 Å². The quantitative estimate of drug-likeness (QED) is 0.0668. The third kappa shape index (κ3) is 14.0. The van der Waals surface area contributed by atoms with Crippen LogP contribution in [0, 0.1) is 5.41 Å². The topological polar surface area (TPSA) is 172 Å². The molecule has 5 aromatic rings. The molecule has 3 N–H and O–H groups in total. The minimum absolute atomic E-state index is 0.0144. The Morgan fingerprint density at radius 1 is 0.793 bits per heavy atom. The first kappa shape index (κ1) is 59.2. The van der Waals surface area contributed by atoms with Crippen LogP contribution in [0.2, 0.25) is 5.02 Å². The average molecular weight is 1200 g/mol.